The number of allylic oxidation sites excluding steroid dienone is 1. The zero-order chi connectivity index (χ0) is 31.5. The van der Waals surface area contributed by atoms with Crippen LogP contribution in [0.25, 0.3) is 0 Å². The van der Waals surface area contributed by atoms with Crippen molar-refractivity contribution in [2.24, 2.45) is 11.8 Å². The van der Waals surface area contributed by atoms with Crippen molar-refractivity contribution in [3.05, 3.63) is 53.6 Å². The summed E-state index contributed by atoms with van der Waals surface area (Å²) in [6.45, 7) is 7.42. The van der Waals surface area contributed by atoms with Crippen molar-refractivity contribution in [3.63, 3.8) is 0 Å². The van der Waals surface area contributed by atoms with Crippen LogP contribution in [0.2, 0.25) is 0 Å². The predicted molar refractivity (Wildman–Crippen MR) is 160 cm³/mol. The van der Waals surface area contributed by atoms with Crippen molar-refractivity contribution in [2.45, 2.75) is 76.4 Å². The molecule has 4 heterocycles. The third-order valence-electron chi connectivity index (χ3n) is 9.57. The average Bonchev–Trinajstić information content (AvgIpc) is 3.44. The maximum absolute atomic E-state index is 14.0. The number of amides is 2. The summed E-state index contributed by atoms with van der Waals surface area (Å²) in [4.78, 5) is 37.9. The minimum absolute atomic E-state index is 0.00814. The third-order valence-corrected chi connectivity index (χ3v) is 9.57. The Morgan fingerprint density at radius 1 is 1.11 bits per heavy atom. The molecule has 9 nitrogen and oxygen atoms in total. The second kappa shape index (κ2) is 13.5. The predicted octanol–water partition coefficient (Wildman–Crippen LogP) is 3.75. The van der Waals surface area contributed by atoms with Gasteiger partial charge in [0.25, 0.3) is 5.91 Å². The lowest BCUT2D eigenvalue weighted by atomic mass is 9.81. The van der Waals surface area contributed by atoms with E-state index < -0.39 is 17.8 Å². The molecule has 3 fully saturated rings. The van der Waals surface area contributed by atoms with Crippen molar-refractivity contribution >= 4 is 11.8 Å². The molecule has 3 atom stereocenters. The number of carbonyl (C=O) groups excluding carboxylic acids is 2. The Balaban J connectivity index is 1.37. The van der Waals surface area contributed by atoms with Crippen LogP contribution in [-0.4, -0.2) is 96.1 Å². The van der Waals surface area contributed by atoms with Crippen LogP contribution >= 0.6 is 0 Å². The van der Waals surface area contributed by atoms with Crippen LogP contribution in [0.4, 0.5) is 13.2 Å². The van der Waals surface area contributed by atoms with E-state index >= 15 is 0 Å². The molecule has 0 aromatic carbocycles. The summed E-state index contributed by atoms with van der Waals surface area (Å²) in [5.74, 6) is -1.95. The number of likely N-dealkylation sites (N-methyl/N-ethyl adjacent to an activating group) is 1. The summed E-state index contributed by atoms with van der Waals surface area (Å²) in [6.07, 6.45) is 5.22. The number of pyridine rings is 1. The number of nitrogens with zero attached hydrogens (tertiary/aromatic N) is 4. The molecule has 0 radical (unpaired) electrons. The SMILES string of the molecule is CCOC1(c2cccnc2)C=CC(N2CCN(C(=O)[C@H]3CC[C@@H](C(F)(F)F)CC3)C[C@H]2CC)=C(C(=O)N[C@@H]2CCN(C)C2)N1. The minimum Gasteiger partial charge on any atom is -0.363 e. The second-order valence-electron chi connectivity index (χ2n) is 12.5. The van der Waals surface area contributed by atoms with Crippen LogP contribution in [0.5, 0.6) is 0 Å². The van der Waals surface area contributed by atoms with Gasteiger partial charge in [-0.15, -0.1) is 0 Å². The number of hydrogen-bond acceptors (Lipinski definition) is 7. The number of piperazine rings is 1. The number of dihydropyridines is 1. The average molecular weight is 619 g/mol. The van der Waals surface area contributed by atoms with Gasteiger partial charge in [0.2, 0.25) is 5.91 Å². The van der Waals surface area contributed by atoms with Crippen LogP contribution < -0.4 is 10.6 Å². The quantitative estimate of drug-likeness (QED) is 0.459. The Morgan fingerprint density at radius 2 is 1.89 bits per heavy atom. The Kier molecular flexibility index (Phi) is 9.89. The smallest absolute Gasteiger partial charge is 0.363 e. The number of nitrogens with one attached hydrogen (secondary N) is 2. The first kappa shape index (κ1) is 32.3. The zero-order valence-corrected chi connectivity index (χ0v) is 25.9. The molecule has 2 N–H and O–H groups in total. The summed E-state index contributed by atoms with van der Waals surface area (Å²) in [6, 6.07) is 3.70. The molecule has 2 saturated heterocycles. The highest BCUT2D eigenvalue weighted by Crippen LogP contribution is 2.40. The molecule has 0 spiro atoms. The first-order valence-electron chi connectivity index (χ1n) is 15.9. The molecule has 3 aliphatic heterocycles. The van der Waals surface area contributed by atoms with E-state index in [1.165, 1.54) is 0 Å². The fourth-order valence-electron chi connectivity index (χ4n) is 7.09. The standard InChI is InChI=1S/C32H45F3N6O3/c1-4-26-21-40(30(43)22-8-10-23(11-9-22)32(33,34)35)17-18-41(26)27-12-14-31(44-5-2,24-7-6-15-36-19-24)38-28(27)29(42)37-25-13-16-39(3)20-25/h6-7,12,14-15,19,22-23,25-26,38H,4-5,8-11,13,16-18,20-21H2,1-3H3,(H,37,42)/t22-,23+,25-,26-,31?/m1/s1. The first-order valence-corrected chi connectivity index (χ1v) is 15.9. The van der Waals surface area contributed by atoms with Gasteiger partial charge in [0.1, 0.15) is 5.70 Å². The number of likely N-dealkylation sites (tertiary alicyclic amines) is 1. The van der Waals surface area contributed by atoms with Gasteiger partial charge in [-0.1, -0.05) is 13.0 Å². The number of carbonyl (C=O) groups is 2. The number of ether oxygens (including phenoxy) is 1. The van der Waals surface area contributed by atoms with Crippen LogP contribution in [0, 0.1) is 11.8 Å². The Morgan fingerprint density at radius 3 is 2.50 bits per heavy atom. The van der Waals surface area contributed by atoms with Crippen molar-refractivity contribution < 1.29 is 27.5 Å². The highest BCUT2D eigenvalue weighted by Gasteiger charge is 2.44. The van der Waals surface area contributed by atoms with Gasteiger partial charge in [0.05, 0.1) is 11.6 Å². The molecule has 1 saturated carbocycles. The Hall–Kier alpha value is -3.12. The van der Waals surface area contributed by atoms with Crippen LogP contribution in [0.3, 0.4) is 0 Å². The summed E-state index contributed by atoms with van der Waals surface area (Å²) in [5, 5.41) is 6.67. The summed E-state index contributed by atoms with van der Waals surface area (Å²) in [5.41, 5.74) is 0.826. The second-order valence-corrected chi connectivity index (χ2v) is 12.5. The summed E-state index contributed by atoms with van der Waals surface area (Å²) in [7, 11) is 2.04. The van der Waals surface area contributed by atoms with E-state index in [-0.39, 0.29) is 55.5 Å². The maximum Gasteiger partial charge on any atom is 0.391 e. The number of alkyl halides is 3. The highest BCUT2D eigenvalue weighted by molar-refractivity contribution is 5.95. The van der Waals surface area contributed by atoms with E-state index in [4.69, 9.17) is 4.74 Å². The molecule has 1 aromatic heterocycles. The zero-order valence-electron chi connectivity index (χ0n) is 25.9. The lowest BCUT2D eigenvalue weighted by molar-refractivity contribution is -0.185. The van der Waals surface area contributed by atoms with Gasteiger partial charge in [-0.2, -0.15) is 13.2 Å². The molecule has 0 bridgehead atoms. The largest absolute Gasteiger partial charge is 0.391 e. The van der Waals surface area contributed by atoms with Gasteiger partial charge in [0.15, 0.2) is 5.72 Å². The maximum atomic E-state index is 14.0. The van der Waals surface area contributed by atoms with Gasteiger partial charge in [0, 0.05) is 68.7 Å². The van der Waals surface area contributed by atoms with Gasteiger partial charge in [-0.25, -0.2) is 0 Å². The van der Waals surface area contributed by atoms with Crippen molar-refractivity contribution in [1.29, 1.82) is 0 Å². The van der Waals surface area contributed by atoms with E-state index in [0.29, 0.717) is 31.9 Å². The fraction of sp³-hybridized carbons (Fsp3) is 0.656. The molecular weight excluding hydrogens is 573 g/mol. The highest BCUT2D eigenvalue weighted by atomic mass is 19.4. The van der Waals surface area contributed by atoms with Gasteiger partial charge in [-0.05, 0) is 77.3 Å². The molecule has 44 heavy (non-hydrogen) atoms. The molecule has 12 heteroatoms. The summed E-state index contributed by atoms with van der Waals surface area (Å²) < 4.78 is 45.8. The molecular formula is C32H45F3N6O3. The van der Waals surface area contributed by atoms with E-state index in [1.54, 1.807) is 12.4 Å². The molecule has 4 aliphatic rings. The lowest BCUT2D eigenvalue weighted by Gasteiger charge is -2.46. The van der Waals surface area contributed by atoms with Gasteiger partial charge in [-0.3, -0.25) is 14.6 Å². The normalized spacial score (nSPS) is 30.0. The molecule has 5 rings (SSSR count). The Labute approximate surface area is 257 Å². The number of rotatable bonds is 8. The van der Waals surface area contributed by atoms with Crippen molar-refractivity contribution in [3.8, 4) is 0 Å². The van der Waals surface area contributed by atoms with Crippen molar-refractivity contribution in [2.75, 3.05) is 46.4 Å². The topological polar surface area (TPSA) is 90.0 Å². The minimum atomic E-state index is -4.20. The van der Waals surface area contributed by atoms with Crippen molar-refractivity contribution in [1.82, 2.24) is 30.3 Å². The van der Waals surface area contributed by atoms with Crippen LogP contribution in [-0.2, 0) is 20.1 Å². The number of halogens is 3. The lowest BCUT2D eigenvalue weighted by Crippen LogP contribution is -2.57. The van der Waals surface area contributed by atoms with Crippen LogP contribution in [0.15, 0.2) is 48.1 Å². The van der Waals surface area contributed by atoms with E-state index in [2.05, 4.69) is 32.3 Å². The Bertz CT molecular complexity index is 1230. The number of aromatic nitrogens is 1. The molecule has 1 aromatic rings. The first-order chi connectivity index (χ1) is 21.0. The molecule has 242 valence electrons. The monoisotopic (exact) mass is 618 g/mol. The van der Waals surface area contributed by atoms with Gasteiger partial charge < -0.3 is 30.1 Å². The number of hydrogen-bond donors (Lipinski definition) is 2. The third kappa shape index (κ3) is 6.91. The van der Waals surface area contributed by atoms with Crippen LogP contribution in [0.1, 0.15) is 57.9 Å². The van der Waals surface area contributed by atoms with E-state index in [9.17, 15) is 22.8 Å². The van der Waals surface area contributed by atoms with E-state index in [1.807, 2.05) is 43.2 Å². The molecule has 2 amide bonds. The van der Waals surface area contributed by atoms with E-state index in [0.717, 1.165) is 37.2 Å². The molecule has 1 aliphatic carbocycles. The summed E-state index contributed by atoms with van der Waals surface area (Å²) >= 11 is 0. The fourth-order valence-corrected chi connectivity index (χ4v) is 7.09. The van der Waals surface area contributed by atoms with Gasteiger partial charge >= 0.3 is 6.18 Å². The molecule has 1 unspecified atom stereocenters.